The molecule has 1 aromatic carbocycles. The first-order valence-electron chi connectivity index (χ1n) is 15.0. The molecule has 10 nitrogen and oxygen atoms in total. The van der Waals surface area contributed by atoms with Crippen LogP contribution >= 0.6 is 0 Å². The lowest BCUT2D eigenvalue weighted by Crippen LogP contribution is -2.55. The number of carbonyl (C=O) groups is 1. The van der Waals surface area contributed by atoms with E-state index in [1.54, 1.807) is 12.0 Å². The molecule has 3 aromatic rings. The molecule has 1 amide bonds. The highest BCUT2D eigenvalue weighted by atomic mass is 16.5. The second-order valence-corrected chi connectivity index (χ2v) is 11.4. The maximum atomic E-state index is 12.5. The van der Waals surface area contributed by atoms with Gasteiger partial charge in [-0.15, -0.1) is 0 Å². The summed E-state index contributed by atoms with van der Waals surface area (Å²) in [5, 5.41) is 10.7. The first kappa shape index (κ1) is 28.0. The van der Waals surface area contributed by atoms with Gasteiger partial charge < -0.3 is 23.8 Å². The molecule has 42 heavy (non-hydrogen) atoms. The summed E-state index contributed by atoms with van der Waals surface area (Å²) < 4.78 is 14.0. The van der Waals surface area contributed by atoms with Crippen molar-refractivity contribution in [3.05, 3.63) is 54.4 Å². The van der Waals surface area contributed by atoms with Crippen molar-refractivity contribution in [1.82, 2.24) is 24.3 Å². The third-order valence-electron chi connectivity index (χ3n) is 8.93. The van der Waals surface area contributed by atoms with Gasteiger partial charge >= 0.3 is 6.01 Å². The number of fused-ring (bicyclic) bond motifs is 2. The molecule has 0 spiro atoms. The maximum Gasteiger partial charge on any atom is 0.318 e. The number of benzene rings is 1. The lowest BCUT2D eigenvalue weighted by atomic mass is 9.91. The fourth-order valence-corrected chi connectivity index (χ4v) is 6.71. The van der Waals surface area contributed by atoms with Gasteiger partial charge in [-0.3, -0.25) is 9.69 Å². The number of ether oxygens (including phenoxy) is 2. The predicted molar refractivity (Wildman–Crippen MR) is 161 cm³/mol. The standard InChI is InChI=1S/C32H39N7O3/c1-3-30(40)39-17-16-37(22-25(39)10-12-33)31-27-8-6-24(38-15-11-23-20-26(41-2)7-9-29(23)38)21-28(27)34-32(35-31)42-19-18-36-13-4-5-14-36/h3,7,9,11,15,20,24-25H,1,4-6,8,10,13-14,16-19,21-22H2,2H3. The number of piperazine rings is 1. The van der Waals surface area contributed by atoms with Crippen molar-refractivity contribution >= 4 is 22.6 Å². The molecule has 0 N–H and O–H groups in total. The molecule has 0 saturated carbocycles. The van der Waals surface area contributed by atoms with Gasteiger partial charge in [0, 0.05) is 61.3 Å². The third-order valence-corrected chi connectivity index (χ3v) is 8.93. The van der Waals surface area contributed by atoms with Crippen LogP contribution in [0.4, 0.5) is 5.82 Å². The summed E-state index contributed by atoms with van der Waals surface area (Å²) in [4.78, 5) is 28.8. The molecule has 2 aliphatic heterocycles. The molecule has 10 heteroatoms. The van der Waals surface area contributed by atoms with Gasteiger partial charge in [-0.1, -0.05) is 6.58 Å². The molecule has 4 heterocycles. The normalized spacial score (nSPS) is 20.8. The number of methoxy groups -OCH3 is 1. The average Bonchev–Trinajstić information content (AvgIpc) is 3.70. The van der Waals surface area contributed by atoms with Gasteiger partial charge in [0.1, 0.15) is 18.2 Å². The number of amides is 1. The van der Waals surface area contributed by atoms with Gasteiger partial charge in [0.15, 0.2) is 0 Å². The fourth-order valence-electron chi connectivity index (χ4n) is 6.71. The van der Waals surface area contributed by atoms with Crippen LogP contribution in [0.3, 0.4) is 0 Å². The van der Waals surface area contributed by atoms with Gasteiger partial charge in [-0.2, -0.15) is 15.2 Å². The Balaban J connectivity index is 1.29. The van der Waals surface area contributed by atoms with Crippen molar-refractivity contribution < 1.29 is 14.3 Å². The first-order chi connectivity index (χ1) is 20.6. The molecule has 2 saturated heterocycles. The number of anilines is 1. The van der Waals surface area contributed by atoms with E-state index in [9.17, 15) is 10.1 Å². The number of hydrogen-bond donors (Lipinski definition) is 0. The van der Waals surface area contributed by atoms with Crippen molar-refractivity contribution in [2.45, 2.75) is 50.6 Å². The van der Waals surface area contributed by atoms with Gasteiger partial charge in [0.05, 0.1) is 31.3 Å². The summed E-state index contributed by atoms with van der Waals surface area (Å²) in [6.45, 7) is 8.98. The SMILES string of the molecule is C=CC(=O)N1CCN(c2nc(OCCN3CCCC3)nc3c2CCC(n2ccc4cc(OC)ccc42)C3)CC1CC#N. The van der Waals surface area contributed by atoms with E-state index in [1.807, 2.05) is 6.07 Å². The van der Waals surface area contributed by atoms with Crippen LogP contribution in [0.1, 0.15) is 43.0 Å². The van der Waals surface area contributed by atoms with Crippen LogP contribution in [0.15, 0.2) is 43.1 Å². The number of nitrogens with zero attached hydrogens (tertiary/aromatic N) is 7. The number of aromatic nitrogens is 3. The zero-order chi connectivity index (χ0) is 29.1. The fraction of sp³-hybridized carbons (Fsp3) is 0.500. The molecular formula is C32H39N7O3. The minimum atomic E-state index is -0.223. The van der Waals surface area contributed by atoms with Gasteiger partial charge in [0.25, 0.3) is 0 Å². The molecule has 3 aliphatic rings. The summed E-state index contributed by atoms with van der Waals surface area (Å²) in [6, 6.07) is 11.1. The molecule has 2 fully saturated rings. The Labute approximate surface area is 247 Å². The summed E-state index contributed by atoms with van der Waals surface area (Å²) in [5.41, 5.74) is 3.35. The Morgan fingerprint density at radius 2 is 2.05 bits per heavy atom. The van der Waals surface area contributed by atoms with Crippen molar-refractivity contribution in [1.29, 1.82) is 5.26 Å². The first-order valence-corrected chi connectivity index (χ1v) is 15.0. The highest BCUT2D eigenvalue weighted by molar-refractivity contribution is 5.87. The number of likely N-dealkylation sites (tertiary alicyclic amines) is 1. The quantitative estimate of drug-likeness (QED) is 0.359. The van der Waals surface area contributed by atoms with E-state index >= 15 is 0 Å². The Bertz CT molecular complexity index is 1490. The van der Waals surface area contributed by atoms with Gasteiger partial charge in [-0.25, -0.2) is 0 Å². The highest BCUT2D eigenvalue weighted by Gasteiger charge is 2.34. The second kappa shape index (κ2) is 12.4. The van der Waals surface area contributed by atoms with E-state index in [-0.39, 0.29) is 24.4 Å². The van der Waals surface area contributed by atoms with Crippen LogP contribution < -0.4 is 14.4 Å². The number of nitriles is 1. The van der Waals surface area contributed by atoms with Crippen molar-refractivity contribution in [3.63, 3.8) is 0 Å². The van der Waals surface area contributed by atoms with Crippen LogP contribution in [0.2, 0.25) is 0 Å². The maximum absolute atomic E-state index is 12.5. The topological polar surface area (TPSA) is 99.8 Å². The largest absolute Gasteiger partial charge is 0.497 e. The Morgan fingerprint density at radius 3 is 2.83 bits per heavy atom. The monoisotopic (exact) mass is 569 g/mol. The van der Waals surface area contributed by atoms with Gasteiger partial charge in [0.2, 0.25) is 5.91 Å². The zero-order valence-electron chi connectivity index (χ0n) is 24.4. The third kappa shape index (κ3) is 5.66. The average molecular weight is 570 g/mol. The van der Waals surface area contributed by atoms with E-state index in [4.69, 9.17) is 19.4 Å². The lowest BCUT2D eigenvalue weighted by molar-refractivity contribution is -0.128. The van der Waals surface area contributed by atoms with Crippen molar-refractivity contribution in [2.75, 3.05) is 57.9 Å². The lowest BCUT2D eigenvalue weighted by Gasteiger charge is -2.42. The number of hydrogen-bond acceptors (Lipinski definition) is 8. The summed E-state index contributed by atoms with van der Waals surface area (Å²) >= 11 is 0. The van der Waals surface area contributed by atoms with Crippen LogP contribution in [-0.4, -0.2) is 89.3 Å². The van der Waals surface area contributed by atoms with Crippen molar-refractivity contribution in [2.24, 2.45) is 0 Å². The van der Waals surface area contributed by atoms with Crippen LogP contribution in [0, 0.1) is 11.3 Å². The predicted octanol–water partition coefficient (Wildman–Crippen LogP) is 3.76. The summed E-state index contributed by atoms with van der Waals surface area (Å²) in [5.74, 6) is 1.60. The molecule has 2 aromatic heterocycles. The van der Waals surface area contributed by atoms with E-state index in [0.29, 0.717) is 32.3 Å². The summed E-state index contributed by atoms with van der Waals surface area (Å²) in [7, 11) is 1.69. The van der Waals surface area contributed by atoms with Gasteiger partial charge in [-0.05, 0) is 69.1 Å². The minimum Gasteiger partial charge on any atom is -0.497 e. The Kier molecular flexibility index (Phi) is 8.29. The number of rotatable bonds is 9. The Morgan fingerprint density at radius 1 is 1.19 bits per heavy atom. The van der Waals surface area contributed by atoms with Crippen LogP contribution in [0.5, 0.6) is 11.8 Å². The van der Waals surface area contributed by atoms with Crippen LogP contribution in [0.25, 0.3) is 10.9 Å². The molecular weight excluding hydrogens is 530 g/mol. The minimum absolute atomic E-state index is 0.134. The molecule has 2 unspecified atom stereocenters. The smallest absolute Gasteiger partial charge is 0.318 e. The molecule has 2 atom stereocenters. The highest BCUT2D eigenvalue weighted by Crippen LogP contribution is 2.37. The molecule has 220 valence electrons. The summed E-state index contributed by atoms with van der Waals surface area (Å²) in [6.07, 6.45) is 8.82. The van der Waals surface area contributed by atoms with E-state index in [1.165, 1.54) is 24.4 Å². The zero-order valence-corrected chi connectivity index (χ0v) is 24.4. The van der Waals surface area contributed by atoms with E-state index in [0.717, 1.165) is 67.1 Å². The Hall–Kier alpha value is -4.10. The molecule has 6 rings (SSSR count). The number of carbonyl (C=O) groups excluding carboxylic acids is 1. The van der Waals surface area contributed by atoms with E-state index < -0.39 is 0 Å². The van der Waals surface area contributed by atoms with Crippen LogP contribution in [-0.2, 0) is 17.6 Å². The second-order valence-electron chi connectivity index (χ2n) is 11.4. The molecule has 0 radical (unpaired) electrons. The van der Waals surface area contributed by atoms with Crippen molar-refractivity contribution in [3.8, 4) is 17.8 Å². The molecule has 0 bridgehead atoms. The van der Waals surface area contributed by atoms with E-state index in [2.05, 4.69) is 51.4 Å². The molecule has 1 aliphatic carbocycles.